The lowest BCUT2D eigenvalue weighted by Gasteiger charge is -2.25. The van der Waals surface area contributed by atoms with E-state index in [1.165, 1.54) is 0 Å². The van der Waals surface area contributed by atoms with Crippen molar-refractivity contribution in [3.8, 4) is 0 Å². The van der Waals surface area contributed by atoms with E-state index in [9.17, 15) is 23.1 Å². The Bertz CT molecular complexity index is 246. The smallest absolute Gasteiger partial charge is 0.379 e. The van der Waals surface area contributed by atoms with Gasteiger partial charge in [-0.3, -0.25) is 4.79 Å². The van der Waals surface area contributed by atoms with Crippen LogP contribution in [0.2, 0.25) is 0 Å². The van der Waals surface area contributed by atoms with Crippen LogP contribution < -0.4 is 0 Å². The van der Waals surface area contributed by atoms with Crippen LogP contribution in [0.3, 0.4) is 0 Å². The molecule has 0 bridgehead atoms. The Morgan fingerprint density at radius 3 is 2.50 bits per heavy atom. The molecule has 82 valence electrons. The van der Waals surface area contributed by atoms with Crippen molar-refractivity contribution < 1.29 is 23.1 Å². The largest absolute Gasteiger partial charge is 0.419 e. The lowest BCUT2D eigenvalue weighted by Crippen LogP contribution is -2.48. The number of hydrogen-bond donors (Lipinski definition) is 1. The summed E-state index contributed by atoms with van der Waals surface area (Å²) in [7, 11) is 0. The summed E-state index contributed by atoms with van der Waals surface area (Å²) in [5.74, 6) is -0.440. The molecule has 1 aliphatic rings. The molecular formula is C7H9BrF3NO2. The molecule has 1 amide bonds. The van der Waals surface area contributed by atoms with Crippen LogP contribution in [0.4, 0.5) is 13.2 Å². The Morgan fingerprint density at radius 1 is 1.57 bits per heavy atom. The van der Waals surface area contributed by atoms with Gasteiger partial charge in [0.1, 0.15) is 0 Å². The summed E-state index contributed by atoms with van der Waals surface area (Å²) >= 11 is 2.86. The molecule has 0 saturated carbocycles. The first-order chi connectivity index (χ1) is 6.30. The molecule has 3 nitrogen and oxygen atoms in total. The highest BCUT2D eigenvalue weighted by molar-refractivity contribution is 9.09. The third-order valence-electron chi connectivity index (χ3n) is 2.24. The van der Waals surface area contributed by atoms with Gasteiger partial charge in [-0.2, -0.15) is 13.2 Å². The number of rotatable bonds is 1. The molecule has 0 aliphatic carbocycles. The second-order valence-electron chi connectivity index (χ2n) is 3.23. The van der Waals surface area contributed by atoms with Gasteiger partial charge >= 0.3 is 6.18 Å². The van der Waals surface area contributed by atoms with Gasteiger partial charge < -0.3 is 10.0 Å². The van der Waals surface area contributed by atoms with Gasteiger partial charge in [0.05, 0.1) is 11.9 Å². The molecule has 0 aromatic rings. The van der Waals surface area contributed by atoms with Crippen molar-refractivity contribution >= 4 is 21.8 Å². The van der Waals surface area contributed by atoms with E-state index in [0.29, 0.717) is 0 Å². The van der Waals surface area contributed by atoms with Crippen molar-refractivity contribution in [1.29, 1.82) is 0 Å². The zero-order chi connectivity index (χ0) is 11.0. The van der Waals surface area contributed by atoms with Crippen molar-refractivity contribution in [3.05, 3.63) is 0 Å². The van der Waals surface area contributed by atoms with E-state index in [4.69, 9.17) is 0 Å². The highest BCUT2D eigenvalue weighted by atomic mass is 79.9. The van der Waals surface area contributed by atoms with E-state index in [-0.39, 0.29) is 11.9 Å². The number of hydrogen-bond acceptors (Lipinski definition) is 2. The first-order valence-corrected chi connectivity index (χ1v) is 5.05. The van der Waals surface area contributed by atoms with Gasteiger partial charge in [0.15, 0.2) is 5.60 Å². The zero-order valence-corrected chi connectivity index (χ0v) is 8.73. The summed E-state index contributed by atoms with van der Waals surface area (Å²) in [6.07, 6.45) is -5.12. The molecule has 0 spiro atoms. The molecule has 0 radical (unpaired) electrons. The molecule has 1 heterocycles. The minimum atomic E-state index is -4.67. The first kappa shape index (κ1) is 11.8. The number of aliphatic hydroxyl groups is 1. The van der Waals surface area contributed by atoms with Crippen LogP contribution >= 0.6 is 15.9 Å². The predicted octanol–water partition coefficient (Wildman–Crippen LogP) is 0.907. The van der Waals surface area contributed by atoms with Gasteiger partial charge in [0.2, 0.25) is 5.91 Å². The SMILES string of the molecule is O=C(CBr)N1CCC(O)(C(F)(F)F)C1. The Kier molecular flexibility index (Phi) is 3.10. The van der Waals surface area contributed by atoms with Gasteiger partial charge in [0.25, 0.3) is 0 Å². The number of β-amino-alcohol motifs (C(OH)–C–C–N with tert-alkyl or cyclic N) is 1. The number of halogens is 4. The molecule has 7 heteroatoms. The van der Waals surface area contributed by atoms with E-state index in [1.807, 2.05) is 0 Å². The van der Waals surface area contributed by atoms with Gasteiger partial charge in [-0.15, -0.1) is 0 Å². The molecule has 0 aromatic heterocycles. The lowest BCUT2D eigenvalue weighted by molar-refractivity contribution is -0.253. The molecule has 1 rings (SSSR count). The van der Waals surface area contributed by atoms with Crippen LogP contribution in [0.25, 0.3) is 0 Å². The monoisotopic (exact) mass is 275 g/mol. The molecule has 1 unspecified atom stereocenters. The number of alkyl halides is 4. The Labute approximate surface area is 87.0 Å². The van der Waals surface area contributed by atoms with Crippen LogP contribution in [0.5, 0.6) is 0 Å². The van der Waals surface area contributed by atoms with Gasteiger partial charge in [-0.25, -0.2) is 0 Å². The van der Waals surface area contributed by atoms with Crippen molar-refractivity contribution in [2.24, 2.45) is 0 Å². The normalized spacial score (nSPS) is 28.2. The second kappa shape index (κ2) is 3.69. The number of amides is 1. The minimum absolute atomic E-state index is 0.0268. The van der Waals surface area contributed by atoms with Crippen molar-refractivity contribution in [2.45, 2.75) is 18.2 Å². The maximum Gasteiger partial charge on any atom is 0.419 e. The standard InChI is InChI=1S/C7H9BrF3NO2/c8-3-5(13)12-2-1-6(14,4-12)7(9,10)11/h14H,1-4H2. The number of likely N-dealkylation sites (tertiary alicyclic amines) is 1. The van der Waals surface area contributed by atoms with Gasteiger partial charge in [-0.1, -0.05) is 15.9 Å². The fourth-order valence-electron chi connectivity index (χ4n) is 1.32. The molecule has 1 aliphatic heterocycles. The highest BCUT2D eigenvalue weighted by Crippen LogP contribution is 2.37. The van der Waals surface area contributed by atoms with Crippen molar-refractivity contribution in [1.82, 2.24) is 4.90 Å². The van der Waals surface area contributed by atoms with Crippen LogP contribution in [-0.4, -0.2) is 46.1 Å². The lowest BCUT2D eigenvalue weighted by atomic mass is 10.0. The molecule has 1 atom stereocenters. The van der Waals surface area contributed by atoms with Crippen molar-refractivity contribution in [3.63, 3.8) is 0 Å². The second-order valence-corrected chi connectivity index (χ2v) is 3.79. The van der Waals surface area contributed by atoms with E-state index in [1.54, 1.807) is 0 Å². The maximum absolute atomic E-state index is 12.3. The predicted molar refractivity (Wildman–Crippen MR) is 46.0 cm³/mol. The van der Waals surface area contributed by atoms with E-state index in [0.717, 1.165) is 4.90 Å². The maximum atomic E-state index is 12.3. The minimum Gasteiger partial charge on any atom is -0.379 e. The summed E-state index contributed by atoms with van der Waals surface area (Å²) < 4.78 is 36.9. The third kappa shape index (κ3) is 2.03. The Balaban J connectivity index is 2.69. The highest BCUT2D eigenvalue weighted by Gasteiger charge is 2.57. The van der Waals surface area contributed by atoms with E-state index in [2.05, 4.69) is 15.9 Å². The van der Waals surface area contributed by atoms with Crippen LogP contribution in [-0.2, 0) is 4.79 Å². The van der Waals surface area contributed by atoms with Gasteiger partial charge in [0, 0.05) is 13.0 Å². The van der Waals surface area contributed by atoms with Crippen molar-refractivity contribution in [2.75, 3.05) is 18.4 Å². The molecule has 1 N–H and O–H groups in total. The average molecular weight is 276 g/mol. The van der Waals surface area contributed by atoms with Crippen LogP contribution in [0, 0.1) is 0 Å². The third-order valence-corrected chi connectivity index (χ3v) is 2.72. The fraction of sp³-hybridized carbons (Fsp3) is 0.857. The summed E-state index contributed by atoms with van der Waals surface area (Å²) in [5, 5.41) is 9.18. The summed E-state index contributed by atoms with van der Waals surface area (Å²) in [4.78, 5) is 12.0. The van der Waals surface area contributed by atoms with Crippen LogP contribution in [0.15, 0.2) is 0 Å². The van der Waals surface area contributed by atoms with Crippen LogP contribution in [0.1, 0.15) is 6.42 Å². The molecular weight excluding hydrogens is 267 g/mol. The molecule has 0 aromatic carbocycles. The number of carbonyl (C=O) groups is 1. The fourth-order valence-corrected chi connectivity index (χ4v) is 1.68. The topological polar surface area (TPSA) is 40.5 Å². The molecule has 14 heavy (non-hydrogen) atoms. The zero-order valence-electron chi connectivity index (χ0n) is 7.14. The Morgan fingerprint density at radius 2 is 2.14 bits per heavy atom. The van der Waals surface area contributed by atoms with E-state index >= 15 is 0 Å². The number of nitrogens with zero attached hydrogens (tertiary/aromatic N) is 1. The van der Waals surface area contributed by atoms with E-state index < -0.39 is 30.7 Å². The Hall–Kier alpha value is -0.300. The molecule has 1 saturated heterocycles. The summed E-state index contributed by atoms with van der Waals surface area (Å²) in [6.45, 7) is -0.721. The molecule has 1 fully saturated rings. The first-order valence-electron chi connectivity index (χ1n) is 3.93. The number of carbonyl (C=O) groups excluding carboxylic acids is 1. The summed E-state index contributed by atoms with van der Waals surface area (Å²) in [5.41, 5.74) is -2.73. The average Bonchev–Trinajstić information content (AvgIpc) is 2.47. The summed E-state index contributed by atoms with van der Waals surface area (Å²) in [6, 6.07) is 0. The quantitative estimate of drug-likeness (QED) is 0.723. The van der Waals surface area contributed by atoms with Gasteiger partial charge in [-0.05, 0) is 0 Å².